The third-order valence-electron chi connectivity index (χ3n) is 2.75. The van der Waals surface area contributed by atoms with Crippen LogP contribution in [0.25, 0.3) is 22.4 Å². The highest BCUT2D eigenvalue weighted by Crippen LogP contribution is 2.16. The molecular formula is C13H11N5. The molecular weight excluding hydrogens is 226 g/mol. The Labute approximate surface area is 103 Å². The second kappa shape index (κ2) is 4.03. The molecule has 1 N–H and O–H groups in total. The Morgan fingerprint density at radius 1 is 1.11 bits per heavy atom. The lowest BCUT2D eigenvalue weighted by Gasteiger charge is -2.04. The highest BCUT2D eigenvalue weighted by Gasteiger charge is 2.05. The normalized spacial score (nSPS) is 10.7. The summed E-state index contributed by atoms with van der Waals surface area (Å²) in [5.74, 6) is 0. The van der Waals surface area contributed by atoms with Gasteiger partial charge in [0.25, 0.3) is 0 Å². The summed E-state index contributed by atoms with van der Waals surface area (Å²) in [5.41, 5.74) is 3.06. The van der Waals surface area contributed by atoms with Gasteiger partial charge in [-0.2, -0.15) is 0 Å². The standard InChI is InChI=1S/C13H11N5/c1-18-8-16-13-11(12(18)14)17-10(7-15-13)9-5-3-2-4-6-9/h2-8,14H,1H3. The van der Waals surface area contributed by atoms with Crippen LogP contribution in [-0.2, 0) is 7.05 Å². The first kappa shape index (κ1) is 10.6. The van der Waals surface area contributed by atoms with Crippen LogP contribution in [0.3, 0.4) is 0 Å². The Morgan fingerprint density at radius 3 is 2.67 bits per heavy atom. The van der Waals surface area contributed by atoms with Crippen LogP contribution >= 0.6 is 0 Å². The van der Waals surface area contributed by atoms with Crippen LogP contribution in [0, 0.1) is 5.41 Å². The fourth-order valence-corrected chi connectivity index (χ4v) is 1.75. The van der Waals surface area contributed by atoms with E-state index in [0.29, 0.717) is 16.7 Å². The average Bonchev–Trinajstić information content (AvgIpc) is 2.44. The topological polar surface area (TPSA) is 67.5 Å². The van der Waals surface area contributed by atoms with Gasteiger partial charge in [-0.15, -0.1) is 0 Å². The molecule has 2 heterocycles. The minimum absolute atomic E-state index is 0.310. The molecule has 5 heteroatoms. The molecule has 2 aromatic heterocycles. The second-order valence-corrected chi connectivity index (χ2v) is 4.00. The van der Waals surface area contributed by atoms with Crippen molar-refractivity contribution >= 4 is 11.2 Å². The molecule has 88 valence electrons. The molecule has 3 aromatic rings. The summed E-state index contributed by atoms with van der Waals surface area (Å²) >= 11 is 0. The van der Waals surface area contributed by atoms with E-state index >= 15 is 0 Å². The van der Waals surface area contributed by atoms with Gasteiger partial charge in [-0.1, -0.05) is 30.3 Å². The van der Waals surface area contributed by atoms with Crippen LogP contribution in [-0.4, -0.2) is 19.5 Å². The number of benzene rings is 1. The van der Waals surface area contributed by atoms with E-state index in [2.05, 4.69) is 15.0 Å². The zero-order chi connectivity index (χ0) is 12.5. The van der Waals surface area contributed by atoms with Gasteiger partial charge < -0.3 is 4.57 Å². The molecule has 0 spiro atoms. The lowest BCUT2D eigenvalue weighted by Crippen LogP contribution is -2.19. The smallest absolute Gasteiger partial charge is 0.183 e. The van der Waals surface area contributed by atoms with Crippen LogP contribution in [0.5, 0.6) is 0 Å². The molecule has 0 saturated heterocycles. The fraction of sp³-hybridized carbons (Fsp3) is 0.0769. The summed E-state index contributed by atoms with van der Waals surface area (Å²) in [7, 11) is 1.77. The van der Waals surface area contributed by atoms with E-state index in [-0.39, 0.29) is 0 Å². The van der Waals surface area contributed by atoms with Crippen molar-refractivity contribution in [3.05, 3.63) is 48.3 Å². The molecule has 0 saturated carbocycles. The lowest BCUT2D eigenvalue weighted by molar-refractivity contribution is 0.798. The van der Waals surface area contributed by atoms with Crippen molar-refractivity contribution in [1.29, 1.82) is 5.41 Å². The molecule has 0 aliphatic rings. The van der Waals surface area contributed by atoms with Crippen molar-refractivity contribution in [2.75, 3.05) is 0 Å². The molecule has 0 bridgehead atoms. The lowest BCUT2D eigenvalue weighted by atomic mass is 10.2. The first-order valence-electron chi connectivity index (χ1n) is 5.54. The summed E-state index contributed by atoms with van der Waals surface area (Å²) in [6, 6.07) is 9.79. The first-order valence-corrected chi connectivity index (χ1v) is 5.54. The maximum absolute atomic E-state index is 7.97. The zero-order valence-electron chi connectivity index (χ0n) is 9.83. The van der Waals surface area contributed by atoms with E-state index in [4.69, 9.17) is 5.41 Å². The first-order chi connectivity index (χ1) is 8.75. The predicted molar refractivity (Wildman–Crippen MR) is 67.6 cm³/mol. The summed E-state index contributed by atoms with van der Waals surface area (Å²) in [4.78, 5) is 12.9. The molecule has 5 nitrogen and oxygen atoms in total. The fourth-order valence-electron chi connectivity index (χ4n) is 1.75. The number of hydrogen-bond donors (Lipinski definition) is 1. The Balaban J connectivity index is 2.29. The van der Waals surface area contributed by atoms with Crippen LogP contribution in [0.15, 0.2) is 42.9 Å². The number of nitrogens with one attached hydrogen (secondary N) is 1. The molecule has 0 aliphatic carbocycles. The molecule has 0 unspecified atom stereocenters. The van der Waals surface area contributed by atoms with E-state index in [0.717, 1.165) is 11.3 Å². The Morgan fingerprint density at radius 2 is 1.89 bits per heavy atom. The average molecular weight is 237 g/mol. The third kappa shape index (κ3) is 1.66. The van der Waals surface area contributed by atoms with Gasteiger partial charge in [-0.25, -0.2) is 15.0 Å². The number of aryl methyl sites for hydroxylation is 1. The zero-order valence-corrected chi connectivity index (χ0v) is 9.83. The van der Waals surface area contributed by atoms with Crippen molar-refractivity contribution in [3.63, 3.8) is 0 Å². The van der Waals surface area contributed by atoms with E-state index in [1.165, 1.54) is 0 Å². The third-order valence-corrected chi connectivity index (χ3v) is 2.75. The minimum Gasteiger partial charge on any atom is -0.319 e. The molecule has 0 atom stereocenters. The van der Waals surface area contributed by atoms with Crippen LogP contribution in [0.2, 0.25) is 0 Å². The maximum atomic E-state index is 7.97. The van der Waals surface area contributed by atoms with E-state index < -0.39 is 0 Å². The SMILES string of the molecule is Cn1cnc2ncc(-c3ccccc3)nc2c1=N. The molecule has 0 amide bonds. The highest BCUT2D eigenvalue weighted by atomic mass is 15.0. The number of rotatable bonds is 1. The summed E-state index contributed by atoms with van der Waals surface area (Å²) < 4.78 is 1.62. The molecule has 18 heavy (non-hydrogen) atoms. The van der Waals surface area contributed by atoms with Crippen molar-refractivity contribution in [1.82, 2.24) is 19.5 Å². The highest BCUT2D eigenvalue weighted by molar-refractivity contribution is 5.71. The van der Waals surface area contributed by atoms with Gasteiger partial charge in [0, 0.05) is 12.6 Å². The largest absolute Gasteiger partial charge is 0.319 e. The van der Waals surface area contributed by atoms with E-state index in [1.807, 2.05) is 30.3 Å². The summed E-state index contributed by atoms with van der Waals surface area (Å²) in [6.45, 7) is 0. The number of fused-ring (bicyclic) bond motifs is 1. The minimum atomic E-state index is 0.310. The van der Waals surface area contributed by atoms with Gasteiger partial charge in [0.1, 0.15) is 0 Å². The van der Waals surface area contributed by atoms with Gasteiger partial charge >= 0.3 is 0 Å². The predicted octanol–water partition coefficient (Wildman–Crippen LogP) is 1.51. The number of aromatic nitrogens is 4. The molecule has 1 aromatic carbocycles. The van der Waals surface area contributed by atoms with Crippen molar-refractivity contribution in [3.8, 4) is 11.3 Å². The van der Waals surface area contributed by atoms with Crippen LogP contribution in [0.1, 0.15) is 0 Å². The molecule has 0 fully saturated rings. The van der Waals surface area contributed by atoms with Crippen LogP contribution < -0.4 is 5.49 Å². The van der Waals surface area contributed by atoms with Gasteiger partial charge in [0.05, 0.1) is 18.2 Å². The van der Waals surface area contributed by atoms with Crippen LogP contribution in [0.4, 0.5) is 0 Å². The molecule has 0 radical (unpaired) electrons. The van der Waals surface area contributed by atoms with Crippen molar-refractivity contribution in [2.24, 2.45) is 7.05 Å². The van der Waals surface area contributed by atoms with E-state index in [9.17, 15) is 0 Å². The van der Waals surface area contributed by atoms with Gasteiger partial charge in [0.2, 0.25) is 0 Å². The van der Waals surface area contributed by atoms with Gasteiger partial charge in [-0.05, 0) is 0 Å². The van der Waals surface area contributed by atoms with Crippen molar-refractivity contribution in [2.45, 2.75) is 0 Å². The quantitative estimate of drug-likeness (QED) is 0.697. The van der Waals surface area contributed by atoms with Gasteiger partial charge in [-0.3, -0.25) is 5.41 Å². The molecule has 3 rings (SSSR count). The molecule has 0 aliphatic heterocycles. The Hall–Kier alpha value is -2.56. The summed E-state index contributed by atoms with van der Waals surface area (Å²) in [6.07, 6.45) is 3.26. The second-order valence-electron chi connectivity index (χ2n) is 4.00. The monoisotopic (exact) mass is 237 g/mol. The van der Waals surface area contributed by atoms with Gasteiger partial charge in [0.15, 0.2) is 16.7 Å². The number of nitrogens with zero attached hydrogens (tertiary/aromatic N) is 4. The maximum Gasteiger partial charge on any atom is 0.183 e. The van der Waals surface area contributed by atoms with E-state index in [1.54, 1.807) is 24.1 Å². The summed E-state index contributed by atoms with van der Waals surface area (Å²) in [5, 5.41) is 7.97. The van der Waals surface area contributed by atoms with Crippen molar-refractivity contribution < 1.29 is 0 Å². The number of hydrogen-bond acceptors (Lipinski definition) is 4. The Kier molecular flexibility index (Phi) is 2.37. The Bertz CT molecular complexity index is 761.